The Labute approximate surface area is 134 Å². The molecule has 0 fully saturated rings. The van der Waals surface area contributed by atoms with Crippen molar-refractivity contribution in [2.45, 2.75) is 59.0 Å². The van der Waals surface area contributed by atoms with Crippen LogP contribution in [0.4, 0.5) is 0 Å². The molecule has 22 heavy (non-hydrogen) atoms. The van der Waals surface area contributed by atoms with E-state index in [-0.39, 0.29) is 5.41 Å². The van der Waals surface area contributed by atoms with Crippen LogP contribution < -0.4 is 0 Å². The van der Waals surface area contributed by atoms with Crippen molar-refractivity contribution in [3.05, 3.63) is 47.0 Å². The normalized spacial score (nSPS) is 13.6. The minimum Gasteiger partial charge on any atom is -0.298 e. The molecule has 1 N–H and O–H groups in total. The van der Waals surface area contributed by atoms with Gasteiger partial charge in [-0.25, -0.2) is 0 Å². The maximum Gasteiger partial charge on any atom is 0.0678 e. The molecule has 2 heterocycles. The van der Waals surface area contributed by atoms with E-state index in [9.17, 15) is 0 Å². The minimum absolute atomic E-state index is 0.0877. The lowest BCUT2D eigenvalue weighted by atomic mass is 9.92. The summed E-state index contributed by atoms with van der Waals surface area (Å²) in [6, 6.07) is 6.80. The molecule has 0 bridgehead atoms. The van der Waals surface area contributed by atoms with Gasteiger partial charge in [0.2, 0.25) is 0 Å². The van der Waals surface area contributed by atoms with E-state index in [0.717, 1.165) is 30.0 Å². The lowest BCUT2D eigenvalue weighted by molar-refractivity contribution is 0.244. The van der Waals surface area contributed by atoms with Crippen molar-refractivity contribution in [3.63, 3.8) is 0 Å². The van der Waals surface area contributed by atoms with Crippen LogP contribution in [0.3, 0.4) is 0 Å². The number of nitrogens with zero attached hydrogens (tertiary/aromatic N) is 3. The van der Waals surface area contributed by atoms with Crippen LogP contribution in [0.1, 0.15) is 50.3 Å². The lowest BCUT2D eigenvalue weighted by Gasteiger charge is -2.23. The molecule has 1 atom stereocenters. The lowest BCUT2D eigenvalue weighted by Crippen LogP contribution is -2.30. The van der Waals surface area contributed by atoms with E-state index < -0.39 is 0 Å². The molecule has 1 unspecified atom stereocenters. The first kappa shape index (κ1) is 16.7. The van der Waals surface area contributed by atoms with E-state index in [1.54, 1.807) is 0 Å². The van der Waals surface area contributed by atoms with Gasteiger partial charge in [0.15, 0.2) is 0 Å². The van der Waals surface area contributed by atoms with E-state index >= 15 is 0 Å². The van der Waals surface area contributed by atoms with Crippen molar-refractivity contribution in [2.75, 3.05) is 7.05 Å². The first-order chi connectivity index (χ1) is 10.3. The minimum atomic E-state index is 0.0877. The van der Waals surface area contributed by atoms with Gasteiger partial charge in [0.25, 0.3) is 0 Å². The summed E-state index contributed by atoms with van der Waals surface area (Å²) in [5.41, 5.74) is 4.78. The molecule has 0 aromatic carbocycles. The Morgan fingerprint density at radius 3 is 2.59 bits per heavy atom. The Hall–Kier alpha value is -1.68. The van der Waals surface area contributed by atoms with Crippen LogP contribution in [-0.2, 0) is 18.4 Å². The Morgan fingerprint density at radius 1 is 1.27 bits per heavy atom. The van der Waals surface area contributed by atoms with Crippen molar-refractivity contribution >= 4 is 0 Å². The monoisotopic (exact) mass is 300 g/mol. The third-order valence-corrected chi connectivity index (χ3v) is 4.05. The van der Waals surface area contributed by atoms with Gasteiger partial charge >= 0.3 is 0 Å². The number of aryl methyl sites for hydroxylation is 1. The molecule has 0 aliphatic heterocycles. The van der Waals surface area contributed by atoms with Crippen LogP contribution in [0.5, 0.6) is 0 Å². The van der Waals surface area contributed by atoms with Gasteiger partial charge in [0.05, 0.1) is 5.69 Å². The standard InChI is InChI=1S/C18H28N4/c1-13-7-8-19-15(9-13)10-14(2)22(6)12-16-11-17(21-20-16)18(3,4)5/h7-9,11,14H,10,12H2,1-6H3,(H,20,21). The molecule has 2 aromatic rings. The SMILES string of the molecule is Cc1ccnc(CC(C)N(C)Cc2cc(C(C)(C)C)n[nH]2)c1. The predicted octanol–water partition coefficient (Wildman–Crippen LogP) is 3.47. The summed E-state index contributed by atoms with van der Waals surface area (Å²) >= 11 is 0. The van der Waals surface area contributed by atoms with Gasteiger partial charge in [-0.1, -0.05) is 20.8 Å². The van der Waals surface area contributed by atoms with E-state index in [1.165, 1.54) is 5.56 Å². The summed E-state index contributed by atoms with van der Waals surface area (Å²) < 4.78 is 0. The molecule has 0 spiro atoms. The topological polar surface area (TPSA) is 44.8 Å². The van der Waals surface area contributed by atoms with Crippen LogP contribution in [0, 0.1) is 6.92 Å². The molecule has 2 aromatic heterocycles. The number of H-pyrrole nitrogens is 1. The van der Waals surface area contributed by atoms with Crippen LogP contribution in [0.2, 0.25) is 0 Å². The van der Waals surface area contributed by atoms with Crippen molar-refractivity contribution < 1.29 is 0 Å². The molecule has 0 aliphatic carbocycles. The summed E-state index contributed by atoms with van der Waals surface area (Å²) in [7, 11) is 2.15. The van der Waals surface area contributed by atoms with E-state index in [1.807, 2.05) is 12.3 Å². The van der Waals surface area contributed by atoms with Gasteiger partial charge in [-0.2, -0.15) is 5.10 Å². The molecule has 4 nitrogen and oxygen atoms in total. The number of hydrogen-bond donors (Lipinski definition) is 1. The number of aromatic nitrogens is 3. The summed E-state index contributed by atoms with van der Waals surface area (Å²) in [4.78, 5) is 6.80. The van der Waals surface area contributed by atoms with Gasteiger partial charge in [-0.05, 0) is 44.7 Å². The zero-order valence-corrected chi connectivity index (χ0v) is 14.6. The summed E-state index contributed by atoms with van der Waals surface area (Å²) in [6.45, 7) is 11.8. The first-order valence-electron chi connectivity index (χ1n) is 7.92. The third kappa shape index (κ3) is 4.41. The average molecular weight is 300 g/mol. The molecule has 2 rings (SSSR count). The highest BCUT2D eigenvalue weighted by Crippen LogP contribution is 2.21. The van der Waals surface area contributed by atoms with Crippen LogP contribution in [-0.4, -0.2) is 33.2 Å². The Balaban J connectivity index is 1.96. The van der Waals surface area contributed by atoms with Crippen molar-refractivity contribution in [1.29, 1.82) is 0 Å². The summed E-state index contributed by atoms with van der Waals surface area (Å²) in [5, 5.41) is 7.60. The molecule has 4 heteroatoms. The predicted molar refractivity (Wildman–Crippen MR) is 90.9 cm³/mol. The zero-order valence-electron chi connectivity index (χ0n) is 14.6. The number of aromatic amines is 1. The van der Waals surface area contributed by atoms with E-state index in [0.29, 0.717) is 6.04 Å². The smallest absolute Gasteiger partial charge is 0.0678 e. The molecular formula is C18H28N4. The van der Waals surface area contributed by atoms with Crippen LogP contribution >= 0.6 is 0 Å². The second kappa shape index (κ2) is 6.61. The van der Waals surface area contributed by atoms with Crippen molar-refractivity contribution in [1.82, 2.24) is 20.1 Å². The maximum atomic E-state index is 4.46. The fourth-order valence-corrected chi connectivity index (χ4v) is 2.42. The Kier molecular flexibility index (Phi) is 5.01. The number of hydrogen-bond acceptors (Lipinski definition) is 3. The average Bonchev–Trinajstić information content (AvgIpc) is 2.87. The molecule has 120 valence electrons. The molecule has 0 aliphatic rings. The first-order valence-corrected chi connectivity index (χ1v) is 7.92. The molecular weight excluding hydrogens is 272 g/mol. The third-order valence-electron chi connectivity index (χ3n) is 4.05. The van der Waals surface area contributed by atoms with Gasteiger partial charge in [-0.15, -0.1) is 0 Å². The Bertz CT molecular complexity index is 610. The van der Waals surface area contributed by atoms with Gasteiger partial charge in [-0.3, -0.25) is 15.0 Å². The second-order valence-corrected chi connectivity index (χ2v) is 7.32. The highest BCUT2D eigenvalue weighted by molar-refractivity contribution is 5.17. The second-order valence-electron chi connectivity index (χ2n) is 7.32. The van der Waals surface area contributed by atoms with Crippen LogP contribution in [0.25, 0.3) is 0 Å². The van der Waals surface area contributed by atoms with Crippen LogP contribution in [0.15, 0.2) is 24.4 Å². The van der Waals surface area contributed by atoms with E-state index in [2.05, 4.69) is 73.9 Å². The zero-order chi connectivity index (χ0) is 16.3. The van der Waals surface area contributed by atoms with E-state index in [4.69, 9.17) is 0 Å². The largest absolute Gasteiger partial charge is 0.298 e. The van der Waals surface area contributed by atoms with Crippen molar-refractivity contribution in [2.24, 2.45) is 0 Å². The number of rotatable bonds is 5. The highest BCUT2D eigenvalue weighted by Gasteiger charge is 2.18. The molecule has 0 amide bonds. The number of likely N-dealkylation sites (N-methyl/N-ethyl adjacent to an activating group) is 1. The fourth-order valence-electron chi connectivity index (χ4n) is 2.42. The Morgan fingerprint density at radius 2 is 2.00 bits per heavy atom. The molecule has 0 saturated carbocycles. The molecule has 0 saturated heterocycles. The van der Waals surface area contributed by atoms with Gasteiger partial charge in [0, 0.05) is 42.0 Å². The van der Waals surface area contributed by atoms with Gasteiger partial charge in [0.1, 0.15) is 0 Å². The summed E-state index contributed by atoms with van der Waals surface area (Å²) in [5.74, 6) is 0. The quantitative estimate of drug-likeness (QED) is 0.919. The highest BCUT2D eigenvalue weighted by atomic mass is 15.2. The molecule has 0 radical (unpaired) electrons. The van der Waals surface area contributed by atoms with Crippen molar-refractivity contribution in [3.8, 4) is 0 Å². The van der Waals surface area contributed by atoms with Gasteiger partial charge < -0.3 is 0 Å². The number of pyridine rings is 1. The fraction of sp³-hybridized carbons (Fsp3) is 0.556. The summed E-state index contributed by atoms with van der Waals surface area (Å²) in [6.07, 6.45) is 2.85. The number of nitrogens with one attached hydrogen (secondary N) is 1. The maximum absolute atomic E-state index is 4.46.